The van der Waals surface area contributed by atoms with Gasteiger partial charge in [0.2, 0.25) is 10.0 Å². The summed E-state index contributed by atoms with van der Waals surface area (Å²) in [5.41, 5.74) is 0. The van der Waals surface area contributed by atoms with Gasteiger partial charge in [-0.05, 0) is 32.1 Å². The second kappa shape index (κ2) is 13.5. The second-order valence-electron chi connectivity index (χ2n) is 7.49. The van der Waals surface area contributed by atoms with Crippen LogP contribution in [0.15, 0.2) is 4.99 Å². The van der Waals surface area contributed by atoms with Crippen LogP contribution in [0.4, 0.5) is 0 Å². The zero-order valence-corrected chi connectivity index (χ0v) is 21.3. The first-order valence-electron chi connectivity index (χ1n) is 10.1. The Morgan fingerprint density at radius 1 is 1.36 bits per heavy atom. The standard InChI is InChI=1S/C18H36N4O3S2.HI/c1-4-19-18(22-9-11-26-17(14-22)15(2)3)20-8-12-27(23,24)21-13-16-7-5-6-10-25-16;/h15-17,21H,4-14H2,1-3H3,(H,19,20);1H. The number of thioether (sulfide) groups is 1. The van der Waals surface area contributed by atoms with Crippen molar-refractivity contribution in [2.45, 2.75) is 51.4 Å². The van der Waals surface area contributed by atoms with Gasteiger partial charge in [0.05, 0.1) is 18.4 Å². The minimum atomic E-state index is -3.33. The summed E-state index contributed by atoms with van der Waals surface area (Å²) in [7, 11) is -3.33. The molecule has 166 valence electrons. The van der Waals surface area contributed by atoms with Crippen LogP contribution in [-0.2, 0) is 14.8 Å². The van der Waals surface area contributed by atoms with Gasteiger partial charge in [0.25, 0.3) is 0 Å². The minimum absolute atomic E-state index is 0. The highest BCUT2D eigenvalue weighted by Gasteiger charge is 2.25. The van der Waals surface area contributed by atoms with Crippen molar-refractivity contribution in [2.75, 3.05) is 50.8 Å². The van der Waals surface area contributed by atoms with E-state index in [1.807, 2.05) is 18.7 Å². The fourth-order valence-corrected chi connectivity index (χ4v) is 5.44. The summed E-state index contributed by atoms with van der Waals surface area (Å²) in [5.74, 6) is 2.53. The normalized spacial score (nSPS) is 24.1. The van der Waals surface area contributed by atoms with E-state index in [0.29, 0.717) is 17.7 Å². The van der Waals surface area contributed by atoms with Gasteiger partial charge in [0.1, 0.15) is 0 Å². The molecule has 2 unspecified atom stereocenters. The molecule has 2 N–H and O–H groups in total. The molecule has 0 amide bonds. The predicted molar refractivity (Wildman–Crippen MR) is 129 cm³/mol. The van der Waals surface area contributed by atoms with Crippen molar-refractivity contribution < 1.29 is 13.2 Å². The number of hydrogen-bond acceptors (Lipinski definition) is 5. The number of ether oxygens (including phenoxy) is 1. The fourth-order valence-electron chi connectivity index (χ4n) is 3.23. The molecule has 2 fully saturated rings. The molecule has 28 heavy (non-hydrogen) atoms. The summed E-state index contributed by atoms with van der Waals surface area (Å²) < 4.78 is 32.8. The van der Waals surface area contributed by atoms with E-state index in [1.54, 1.807) is 0 Å². The molecule has 0 aromatic heterocycles. The maximum Gasteiger partial charge on any atom is 0.213 e. The molecular weight excluding hydrogens is 511 g/mol. The molecule has 2 aliphatic rings. The number of rotatable bonds is 8. The Hall–Kier alpha value is 0.220. The summed E-state index contributed by atoms with van der Waals surface area (Å²) in [5, 5.41) is 3.90. The van der Waals surface area contributed by atoms with E-state index >= 15 is 0 Å². The zero-order valence-electron chi connectivity index (χ0n) is 17.4. The van der Waals surface area contributed by atoms with Crippen LogP contribution in [0.1, 0.15) is 40.0 Å². The monoisotopic (exact) mass is 548 g/mol. The average Bonchev–Trinajstić information content (AvgIpc) is 2.66. The van der Waals surface area contributed by atoms with Crippen molar-refractivity contribution >= 4 is 51.7 Å². The third-order valence-corrected chi connectivity index (χ3v) is 7.76. The number of sulfonamides is 1. The number of nitrogens with zero attached hydrogens (tertiary/aromatic N) is 2. The molecule has 0 aromatic rings. The topological polar surface area (TPSA) is 83.0 Å². The van der Waals surface area contributed by atoms with Gasteiger partial charge in [-0.1, -0.05) is 13.8 Å². The number of halogens is 1. The van der Waals surface area contributed by atoms with Crippen molar-refractivity contribution in [3.63, 3.8) is 0 Å². The van der Waals surface area contributed by atoms with E-state index in [9.17, 15) is 8.42 Å². The predicted octanol–water partition coefficient (Wildman–Crippen LogP) is 2.13. The van der Waals surface area contributed by atoms with Crippen LogP contribution < -0.4 is 10.0 Å². The molecule has 0 bridgehead atoms. The lowest BCUT2D eigenvalue weighted by atomic mass is 10.1. The van der Waals surface area contributed by atoms with E-state index in [1.165, 1.54) is 0 Å². The third kappa shape index (κ3) is 9.36. The Labute approximate surface area is 192 Å². The Morgan fingerprint density at radius 2 is 2.14 bits per heavy atom. The van der Waals surface area contributed by atoms with Crippen molar-refractivity contribution in [3.8, 4) is 0 Å². The molecule has 0 aliphatic carbocycles. The average molecular weight is 549 g/mol. The molecule has 2 rings (SSSR count). The largest absolute Gasteiger partial charge is 0.377 e. The Morgan fingerprint density at radius 3 is 2.79 bits per heavy atom. The Kier molecular flexibility index (Phi) is 12.7. The number of aliphatic imine (C=N–C) groups is 1. The molecule has 0 spiro atoms. The molecule has 0 saturated carbocycles. The summed E-state index contributed by atoms with van der Waals surface area (Å²) in [6.45, 7) is 10.6. The van der Waals surface area contributed by atoms with Crippen molar-refractivity contribution in [3.05, 3.63) is 0 Å². The number of guanidine groups is 1. The van der Waals surface area contributed by atoms with Gasteiger partial charge in [0, 0.05) is 43.8 Å². The highest BCUT2D eigenvalue weighted by molar-refractivity contribution is 14.0. The van der Waals surface area contributed by atoms with Gasteiger partial charge in [-0.25, -0.2) is 13.1 Å². The molecule has 2 heterocycles. The molecular formula is C18H37IN4O3S2. The SMILES string of the molecule is CCNC(=NCCS(=O)(=O)NCC1CCCCO1)N1CCSC(C(C)C)C1.I. The quantitative estimate of drug-likeness (QED) is 0.275. The first-order chi connectivity index (χ1) is 12.9. The highest BCUT2D eigenvalue weighted by Crippen LogP contribution is 2.24. The first-order valence-corrected chi connectivity index (χ1v) is 12.8. The van der Waals surface area contributed by atoms with Gasteiger partial charge in [0.15, 0.2) is 5.96 Å². The zero-order chi connectivity index (χ0) is 19.7. The van der Waals surface area contributed by atoms with Crippen LogP contribution in [0.3, 0.4) is 0 Å². The molecule has 0 aromatic carbocycles. The maximum atomic E-state index is 12.3. The van der Waals surface area contributed by atoms with Crippen LogP contribution in [0.2, 0.25) is 0 Å². The maximum absolute atomic E-state index is 12.3. The van der Waals surface area contributed by atoms with Gasteiger partial charge >= 0.3 is 0 Å². The van der Waals surface area contributed by atoms with Crippen molar-refractivity contribution in [1.29, 1.82) is 0 Å². The van der Waals surface area contributed by atoms with E-state index in [0.717, 1.165) is 57.2 Å². The van der Waals surface area contributed by atoms with E-state index in [-0.39, 0.29) is 42.4 Å². The van der Waals surface area contributed by atoms with Crippen molar-refractivity contribution in [1.82, 2.24) is 14.9 Å². The van der Waals surface area contributed by atoms with Crippen LogP contribution in [-0.4, -0.2) is 81.5 Å². The second-order valence-corrected chi connectivity index (χ2v) is 10.8. The van der Waals surface area contributed by atoms with Gasteiger partial charge in [-0.3, -0.25) is 4.99 Å². The minimum Gasteiger partial charge on any atom is -0.377 e. The molecule has 2 aliphatic heterocycles. The first kappa shape index (κ1) is 26.3. The van der Waals surface area contributed by atoms with Crippen LogP contribution in [0, 0.1) is 5.92 Å². The van der Waals surface area contributed by atoms with Gasteiger partial charge < -0.3 is 15.0 Å². The van der Waals surface area contributed by atoms with Crippen LogP contribution >= 0.6 is 35.7 Å². The Balaban J connectivity index is 0.00000392. The van der Waals surface area contributed by atoms with Gasteiger partial charge in [-0.15, -0.1) is 24.0 Å². The van der Waals surface area contributed by atoms with E-state index in [2.05, 4.69) is 33.8 Å². The summed E-state index contributed by atoms with van der Waals surface area (Å²) in [6.07, 6.45) is 3.11. The lowest BCUT2D eigenvalue weighted by molar-refractivity contribution is 0.0200. The van der Waals surface area contributed by atoms with Crippen LogP contribution in [0.25, 0.3) is 0 Å². The molecule has 0 radical (unpaired) electrons. The molecule has 2 atom stereocenters. The summed E-state index contributed by atoms with van der Waals surface area (Å²) >= 11 is 2.02. The molecule has 2 saturated heterocycles. The fraction of sp³-hybridized carbons (Fsp3) is 0.944. The van der Waals surface area contributed by atoms with Gasteiger partial charge in [-0.2, -0.15) is 11.8 Å². The summed E-state index contributed by atoms with van der Waals surface area (Å²) in [6, 6.07) is 0. The Bertz CT molecular complexity index is 569. The smallest absolute Gasteiger partial charge is 0.213 e. The highest BCUT2D eigenvalue weighted by atomic mass is 127. The van der Waals surface area contributed by atoms with E-state index in [4.69, 9.17) is 4.74 Å². The molecule has 7 nitrogen and oxygen atoms in total. The number of nitrogens with one attached hydrogen (secondary N) is 2. The number of hydrogen-bond donors (Lipinski definition) is 2. The van der Waals surface area contributed by atoms with E-state index < -0.39 is 10.0 Å². The lowest BCUT2D eigenvalue weighted by Crippen LogP contribution is -2.49. The van der Waals surface area contributed by atoms with Crippen LogP contribution in [0.5, 0.6) is 0 Å². The summed E-state index contributed by atoms with van der Waals surface area (Å²) in [4.78, 5) is 6.85. The third-order valence-electron chi connectivity index (χ3n) is 4.90. The lowest BCUT2D eigenvalue weighted by Gasteiger charge is -2.36. The van der Waals surface area contributed by atoms with Crippen molar-refractivity contribution in [2.24, 2.45) is 10.9 Å². The molecule has 10 heteroatoms.